The number of benzene rings is 2. The van der Waals surface area contributed by atoms with Gasteiger partial charge in [-0.2, -0.15) is 5.10 Å². The zero-order valence-electron chi connectivity index (χ0n) is 15.8. The first-order chi connectivity index (χ1) is 13.7. The van der Waals surface area contributed by atoms with Gasteiger partial charge in [-0.25, -0.2) is 5.43 Å². The van der Waals surface area contributed by atoms with Crippen LogP contribution in [0.1, 0.15) is 34.2 Å². The summed E-state index contributed by atoms with van der Waals surface area (Å²) in [5, 5.41) is 3.97. The van der Waals surface area contributed by atoms with E-state index in [1.165, 1.54) is 11.8 Å². The van der Waals surface area contributed by atoms with E-state index in [4.69, 9.17) is 13.9 Å². The van der Waals surface area contributed by atoms with Crippen molar-refractivity contribution in [2.45, 2.75) is 20.0 Å². The van der Waals surface area contributed by atoms with E-state index in [1.807, 2.05) is 30.3 Å². The van der Waals surface area contributed by atoms with Gasteiger partial charge in [-0.1, -0.05) is 19.1 Å². The summed E-state index contributed by atoms with van der Waals surface area (Å²) < 4.78 is 16.3. The third kappa shape index (κ3) is 5.01. The Hall–Kier alpha value is -3.54. The third-order valence-electron chi connectivity index (χ3n) is 4.16. The Kier molecular flexibility index (Phi) is 6.46. The van der Waals surface area contributed by atoms with Gasteiger partial charge in [0.2, 0.25) is 0 Å². The molecule has 1 amide bonds. The SMILES string of the molecule is CCc1ccc(OCc2cc(/C=N\NC(=O)c3ccco3)ccc2OC)cc1. The molecule has 1 heterocycles. The molecule has 0 aliphatic rings. The molecule has 3 rings (SSSR count). The van der Waals surface area contributed by atoms with Crippen LogP contribution in [0.4, 0.5) is 0 Å². The highest BCUT2D eigenvalue weighted by atomic mass is 16.5. The van der Waals surface area contributed by atoms with Crippen molar-refractivity contribution < 1.29 is 18.7 Å². The second-order valence-corrected chi connectivity index (χ2v) is 6.03. The Bertz CT molecular complexity index is 932. The highest BCUT2D eigenvalue weighted by Gasteiger charge is 2.07. The summed E-state index contributed by atoms with van der Waals surface area (Å²) in [4.78, 5) is 11.8. The van der Waals surface area contributed by atoms with Gasteiger partial charge in [0.15, 0.2) is 5.76 Å². The van der Waals surface area contributed by atoms with Gasteiger partial charge in [0.05, 0.1) is 19.6 Å². The second kappa shape index (κ2) is 9.41. The van der Waals surface area contributed by atoms with E-state index >= 15 is 0 Å². The molecule has 1 N–H and O–H groups in total. The smallest absolute Gasteiger partial charge is 0.307 e. The molecule has 0 radical (unpaired) electrons. The molecule has 0 bridgehead atoms. The van der Waals surface area contributed by atoms with E-state index in [2.05, 4.69) is 29.6 Å². The average Bonchev–Trinajstić information content (AvgIpc) is 3.28. The second-order valence-electron chi connectivity index (χ2n) is 6.03. The van der Waals surface area contributed by atoms with Crippen molar-refractivity contribution in [3.05, 3.63) is 83.3 Å². The quantitative estimate of drug-likeness (QED) is 0.471. The lowest BCUT2D eigenvalue weighted by atomic mass is 10.1. The molecule has 0 saturated carbocycles. The number of furan rings is 1. The van der Waals surface area contributed by atoms with Gasteiger partial charge in [0, 0.05) is 5.56 Å². The summed E-state index contributed by atoms with van der Waals surface area (Å²) in [7, 11) is 1.62. The molecule has 6 heteroatoms. The van der Waals surface area contributed by atoms with Crippen LogP contribution in [0.3, 0.4) is 0 Å². The molecule has 0 fully saturated rings. The normalized spacial score (nSPS) is 10.8. The summed E-state index contributed by atoms with van der Waals surface area (Å²) in [5.74, 6) is 1.31. The Labute approximate surface area is 163 Å². The first kappa shape index (κ1) is 19.2. The number of rotatable bonds is 8. The van der Waals surface area contributed by atoms with Crippen molar-refractivity contribution in [1.29, 1.82) is 0 Å². The van der Waals surface area contributed by atoms with Crippen LogP contribution in [-0.4, -0.2) is 19.2 Å². The number of methoxy groups -OCH3 is 1. The van der Waals surface area contributed by atoms with E-state index < -0.39 is 5.91 Å². The molecule has 0 atom stereocenters. The lowest BCUT2D eigenvalue weighted by molar-refractivity contribution is 0.0927. The van der Waals surface area contributed by atoms with Crippen molar-refractivity contribution in [3.8, 4) is 11.5 Å². The molecule has 0 aliphatic carbocycles. The fourth-order valence-electron chi connectivity index (χ4n) is 2.60. The number of carbonyl (C=O) groups is 1. The van der Waals surface area contributed by atoms with Crippen LogP contribution in [0.25, 0.3) is 0 Å². The highest BCUT2D eigenvalue weighted by molar-refractivity contribution is 5.92. The van der Waals surface area contributed by atoms with Crippen LogP contribution in [0.5, 0.6) is 11.5 Å². The number of nitrogens with one attached hydrogen (secondary N) is 1. The van der Waals surface area contributed by atoms with Gasteiger partial charge in [0.25, 0.3) is 0 Å². The van der Waals surface area contributed by atoms with Gasteiger partial charge < -0.3 is 13.9 Å². The predicted octanol–water partition coefficient (Wildman–Crippen LogP) is 4.19. The summed E-state index contributed by atoms with van der Waals surface area (Å²) >= 11 is 0. The Balaban J connectivity index is 1.65. The number of carbonyl (C=O) groups excluding carboxylic acids is 1. The fraction of sp³-hybridized carbons (Fsp3) is 0.182. The van der Waals surface area contributed by atoms with Gasteiger partial charge in [-0.05, 0) is 60.0 Å². The molecule has 1 aromatic heterocycles. The molecule has 144 valence electrons. The van der Waals surface area contributed by atoms with Crippen molar-refractivity contribution in [2.24, 2.45) is 5.10 Å². The van der Waals surface area contributed by atoms with Gasteiger partial charge in [-0.3, -0.25) is 4.79 Å². The van der Waals surface area contributed by atoms with Crippen LogP contribution in [0.2, 0.25) is 0 Å². The first-order valence-electron chi connectivity index (χ1n) is 8.95. The Morgan fingerprint density at radius 2 is 2.00 bits per heavy atom. The molecule has 0 spiro atoms. The van der Waals surface area contributed by atoms with Gasteiger partial charge in [-0.15, -0.1) is 0 Å². The maximum Gasteiger partial charge on any atom is 0.307 e. The molecule has 0 unspecified atom stereocenters. The van der Waals surface area contributed by atoms with Crippen LogP contribution >= 0.6 is 0 Å². The molecule has 2 aromatic carbocycles. The summed E-state index contributed by atoms with van der Waals surface area (Å²) in [6, 6.07) is 16.8. The van der Waals surface area contributed by atoms with E-state index in [9.17, 15) is 4.79 Å². The van der Waals surface area contributed by atoms with E-state index in [0.29, 0.717) is 6.61 Å². The average molecular weight is 378 g/mol. The van der Waals surface area contributed by atoms with Gasteiger partial charge >= 0.3 is 5.91 Å². The van der Waals surface area contributed by atoms with Crippen molar-refractivity contribution in [3.63, 3.8) is 0 Å². The first-order valence-corrected chi connectivity index (χ1v) is 8.95. The van der Waals surface area contributed by atoms with Crippen LogP contribution in [0, 0.1) is 0 Å². The number of aryl methyl sites for hydroxylation is 1. The van der Waals surface area contributed by atoms with Crippen LogP contribution < -0.4 is 14.9 Å². The number of amides is 1. The van der Waals surface area contributed by atoms with Crippen molar-refractivity contribution in [2.75, 3.05) is 7.11 Å². The standard InChI is InChI=1S/C22H22N2O4/c1-3-16-6-9-19(10-7-16)28-15-18-13-17(8-11-20(18)26-2)14-23-24-22(25)21-5-4-12-27-21/h4-14H,3,15H2,1-2H3,(H,24,25)/b23-14-. The molecular weight excluding hydrogens is 356 g/mol. The molecule has 6 nitrogen and oxygen atoms in total. The molecular formula is C22H22N2O4. The van der Waals surface area contributed by atoms with Crippen LogP contribution in [-0.2, 0) is 13.0 Å². The molecule has 0 saturated heterocycles. The lowest BCUT2D eigenvalue weighted by Crippen LogP contribution is -2.16. The largest absolute Gasteiger partial charge is 0.496 e. The lowest BCUT2D eigenvalue weighted by Gasteiger charge is -2.11. The maximum absolute atomic E-state index is 11.8. The van der Waals surface area contributed by atoms with Crippen molar-refractivity contribution >= 4 is 12.1 Å². The molecule has 3 aromatic rings. The zero-order valence-corrected chi connectivity index (χ0v) is 15.8. The Morgan fingerprint density at radius 3 is 2.68 bits per heavy atom. The summed E-state index contributed by atoms with van der Waals surface area (Å²) in [6.45, 7) is 2.47. The predicted molar refractivity (Wildman–Crippen MR) is 107 cm³/mol. The highest BCUT2D eigenvalue weighted by Crippen LogP contribution is 2.22. The summed E-state index contributed by atoms with van der Waals surface area (Å²) in [5.41, 5.74) is 5.37. The number of nitrogens with zero attached hydrogens (tertiary/aromatic N) is 1. The number of hydrogen-bond donors (Lipinski definition) is 1. The zero-order chi connectivity index (χ0) is 19.8. The Morgan fingerprint density at radius 1 is 1.18 bits per heavy atom. The number of hydrogen-bond acceptors (Lipinski definition) is 5. The van der Waals surface area contributed by atoms with E-state index in [0.717, 1.165) is 29.0 Å². The summed E-state index contributed by atoms with van der Waals surface area (Å²) in [6.07, 6.45) is 3.98. The van der Waals surface area contributed by atoms with E-state index in [1.54, 1.807) is 25.5 Å². The molecule has 28 heavy (non-hydrogen) atoms. The maximum atomic E-state index is 11.8. The number of hydrazone groups is 1. The fourth-order valence-corrected chi connectivity index (χ4v) is 2.60. The minimum absolute atomic E-state index is 0.204. The monoisotopic (exact) mass is 378 g/mol. The minimum atomic E-state index is -0.408. The minimum Gasteiger partial charge on any atom is -0.496 e. The van der Waals surface area contributed by atoms with Crippen molar-refractivity contribution in [1.82, 2.24) is 5.43 Å². The van der Waals surface area contributed by atoms with Crippen LogP contribution in [0.15, 0.2) is 70.4 Å². The molecule has 0 aliphatic heterocycles. The third-order valence-corrected chi connectivity index (χ3v) is 4.16. The van der Waals surface area contributed by atoms with E-state index in [-0.39, 0.29) is 5.76 Å². The number of ether oxygens (including phenoxy) is 2. The topological polar surface area (TPSA) is 73.1 Å². The van der Waals surface area contributed by atoms with Gasteiger partial charge in [0.1, 0.15) is 18.1 Å².